The van der Waals surface area contributed by atoms with E-state index in [2.05, 4.69) is 5.32 Å². The van der Waals surface area contributed by atoms with Gasteiger partial charge < -0.3 is 34.6 Å². The summed E-state index contributed by atoms with van der Waals surface area (Å²) in [4.78, 5) is 33.6. The summed E-state index contributed by atoms with van der Waals surface area (Å²) in [6.07, 6.45) is 5.12. The number of benzene rings is 2. The summed E-state index contributed by atoms with van der Waals surface area (Å²) in [6.45, 7) is 7.32. The summed E-state index contributed by atoms with van der Waals surface area (Å²) < 4.78 is 31.8. The number of nitrogens with zero attached hydrogens (tertiary/aromatic N) is 4. The molecule has 3 N–H and O–H groups in total. The molecule has 6 rings (SSSR count). The third-order valence-electron chi connectivity index (χ3n) is 10.2. The Morgan fingerprint density at radius 2 is 1.85 bits per heavy atom. The SMILES string of the molecule is COc1cc(C(=O)N2CC[C@@H](OC)[C@@H](N)C2)cc2nc(-c3cc4ccc5c(F)c4n3CCCCCCC(C)(C)C(=O)N[C@@H]5C)n(C)c12. The first-order valence-corrected chi connectivity index (χ1v) is 16.7. The Hall–Kier alpha value is -3.96. The van der Waals surface area contributed by atoms with Gasteiger partial charge in [0.2, 0.25) is 5.91 Å². The average Bonchev–Trinajstić information content (AvgIpc) is 3.58. The molecule has 1 saturated heterocycles. The van der Waals surface area contributed by atoms with Crippen molar-refractivity contribution in [2.45, 2.75) is 84.0 Å². The van der Waals surface area contributed by atoms with Gasteiger partial charge in [-0.15, -0.1) is 0 Å². The number of nitrogens with one attached hydrogen (secondary N) is 1. The van der Waals surface area contributed by atoms with Crippen molar-refractivity contribution in [2.24, 2.45) is 18.2 Å². The first-order chi connectivity index (χ1) is 22.4. The van der Waals surface area contributed by atoms with Gasteiger partial charge in [-0.3, -0.25) is 9.59 Å². The number of amides is 2. The number of carbonyl (C=O) groups is 2. The molecule has 4 aromatic rings. The van der Waals surface area contributed by atoms with Crippen molar-refractivity contribution in [2.75, 3.05) is 27.3 Å². The molecule has 2 aromatic carbocycles. The zero-order valence-electron chi connectivity index (χ0n) is 28.4. The molecule has 2 amide bonds. The number of ether oxygens (including phenoxy) is 2. The van der Waals surface area contributed by atoms with E-state index in [1.807, 2.05) is 49.1 Å². The molecule has 4 heterocycles. The summed E-state index contributed by atoms with van der Waals surface area (Å²) >= 11 is 0. The van der Waals surface area contributed by atoms with Crippen molar-refractivity contribution in [3.8, 4) is 17.3 Å². The molecule has 47 heavy (non-hydrogen) atoms. The van der Waals surface area contributed by atoms with Crippen LogP contribution in [0.1, 0.15) is 81.3 Å². The number of imidazole rings is 1. The number of likely N-dealkylation sites (tertiary alicyclic amines) is 1. The minimum Gasteiger partial charge on any atom is -0.494 e. The van der Waals surface area contributed by atoms with Crippen LogP contribution in [0.25, 0.3) is 33.5 Å². The number of piperidine rings is 1. The van der Waals surface area contributed by atoms with Gasteiger partial charge in [-0.25, -0.2) is 9.37 Å². The first kappa shape index (κ1) is 33.0. The maximum atomic E-state index is 16.5. The van der Waals surface area contributed by atoms with Crippen LogP contribution in [0.4, 0.5) is 4.39 Å². The second kappa shape index (κ2) is 12.9. The molecule has 2 aliphatic heterocycles. The van der Waals surface area contributed by atoms with Crippen LogP contribution in [0.5, 0.6) is 5.75 Å². The second-order valence-corrected chi connectivity index (χ2v) is 13.8. The smallest absolute Gasteiger partial charge is 0.254 e. The number of rotatable bonds is 4. The number of nitrogens with two attached hydrogens (primary N) is 1. The first-order valence-electron chi connectivity index (χ1n) is 16.7. The van der Waals surface area contributed by atoms with Gasteiger partial charge in [0.25, 0.3) is 5.91 Å². The molecule has 10 nitrogen and oxygen atoms in total. The highest BCUT2D eigenvalue weighted by Crippen LogP contribution is 2.37. The van der Waals surface area contributed by atoms with Crippen molar-refractivity contribution in [1.29, 1.82) is 0 Å². The van der Waals surface area contributed by atoms with Gasteiger partial charge in [0, 0.05) is 61.8 Å². The van der Waals surface area contributed by atoms with Crippen LogP contribution >= 0.6 is 0 Å². The number of aryl methyl sites for hydroxylation is 2. The van der Waals surface area contributed by atoms with Gasteiger partial charge in [-0.1, -0.05) is 45.2 Å². The van der Waals surface area contributed by atoms with Gasteiger partial charge in [0.1, 0.15) is 11.3 Å². The maximum Gasteiger partial charge on any atom is 0.254 e. The van der Waals surface area contributed by atoms with Gasteiger partial charge in [-0.2, -0.15) is 0 Å². The van der Waals surface area contributed by atoms with Crippen LogP contribution in [0.3, 0.4) is 0 Å². The molecule has 2 bridgehead atoms. The fourth-order valence-corrected chi connectivity index (χ4v) is 7.30. The lowest BCUT2D eigenvalue weighted by atomic mass is 9.85. The van der Waals surface area contributed by atoms with Crippen LogP contribution in [-0.2, 0) is 23.1 Å². The minimum absolute atomic E-state index is 0.0635. The maximum absolute atomic E-state index is 16.5. The highest BCUT2D eigenvalue weighted by Gasteiger charge is 2.32. The summed E-state index contributed by atoms with van der Waals surface area (Å²) in [5.74, 6) is 0.639. The summed E-state index contributed by atoms with van der Waals surface area (Å²) in [6, 6.07) is 8.47. The molecule has 252 valence electrons. The Morgan fingerprint density at radius 1 is 1.09 bits per heavy atom. The normalized spacial score (nSPS) is 22.4. The van der Waals surface area contributed by atoms with E-state index in [4.69, 9.17) is 20.2 Å². The third-order valence-corrected chi connectivity index (χ3v) is 10.2. The Morgan fingerprint density at radius 3 is 2.57 bits per heavy atom. The van der Waals surface area contributed by atoms with E-state index >= 15 is 4.39 Å². The second-order valence-electron chi connectivity index (χ2n) is 13.8. The van der Waals surface area contributed by atoms with Gasteiger partial charge in [0.05, 0.1) is 36.0 Å². The molecule has 0 radical (unpaired) electrons. The summed E-state index contributed by atoms with van der Waals surface area (Å²) in [5, 5.41) is 3.83. The van der Waals surface area contributed by atoms with Crippen LogP contribution < -0.4 is 15.8 Å². The number of hydrogen-bond donors (Lipinski definition) is 2. The standard InChI is InChI=1S/C36H47FN6O4/c1-21-24-12-11-22-18-27(43(31(22)30(24)37)15-10-8-7-9-14-36(2,3)35(45)39-21)33-40-26-17-23(19-29(47-6)32(26)41(33)4)34(44)42-16-13-28(46-5)25(38)20-42/h11-12,17-19,21,25,28H,7-10,13-16,20,38H2,1-6H3,(H,39,45)/t21-,25+,28-/m1/s1. The predicted molar refractivity (Wildman–Crippen MR) is 181 cm³/mol. The molecule has 1 fully saturated rings. The van der Waals surface area contributed by atoms with E-state index in [1.165, 1.54) is 0 Å². The van der Waals surface area contributed by atoms with Crippen LogP contribution in [-0.4, -0.2) is 70.3 Å². The van der Waals surface area contributed by atoms with Crippen LogP contribution in [0.2, 0.25) is 0 Å². The molecule has 0 unspecified atom stereocenters. The summed E-state index contributed by atoms with van der Waals surface area (Å²) in [7, 11) is 5.14. The Labute approximate surface area is 275 Å². The number of aromatic nitrogens is 3. The minimum atomic E-state index is -0.522. The van der Waals surface area contributed by atoms with Crippen molar-refractivity contribution in [1.82, 2.24) is 24.3 Å². The largest absolute Gasteiger partial charge is 0.494 e. The number of fused-ring (bicyclic) bond motifs is 2. The van der Waals surface area contributed by atoms with E-state index in [-0.39, 0.29) is 29.8 Å². The Kier molecular flexibility index (Phi) is 9.06. The molecule has 3 atom stereocenters. The lowest BCUT2D eigenvalue weighted by Crippen LogP contribution is -2.53. The zero-order valence-corrected chi connectivity index (χ0v) is 28.4. The van der Waals surface area contributed by atoms with E-state index in [1.54, 1.807) is 37.3 Å². The Balaban J connectivity index is 1.44. The molecule has 0 spiro atoms. The average molecular weight is 647 g/mol. The molecular weight excluding hydrogens is 599 g/mol. The highest BCUT2D eigenvalue weighted by atomic mass is 19.1. The molecular formula is C36H47FN6O4. The third kappa shape index (κ3) is 5.99. The van der Waals surface area contributed by atoms with Gasteiger partial charge >= 0.3 is 0 Å². The number of methoxy groups -OCH3 is 2. The van der Waals surface area contributed by atoms with Crippen LogP contribution in [0, 0.1) is 11.2 Å². The molecule has 2 aromatic heterocycles. The zero-order chi connectivity index (χ0) is 33.6. The molecule has 0 aliphatic carbocycles. The fourth-order valence-electron chi connectivity index (χ4n) is 7.30. The number of hydrogen-bond acceptors (Lipinski definition) is 6. The number of halogens is 1. The van der Waals surface area contributed by atoms with Crippen molar-refractivity contribution >= 4 is 33.8 Å². The Bertz CT molecular complexity index is 1830. The van der Waals surface area contributed by atoms with Crippen molar-refractivity contribution in [3.05, 3.63) is 47.3 Å². The topological polar surface area (TPSA) is 117 Å². The van der Waals surface area contributed by atoms with E-state index in [9.17, 15) is 9.59 Å². The van der Waals surface area contributed by atoms with E-state index < -0.39 is 11.5 Å². The molecule has 0 saturated carbocycles. The van der Waals surface area contributed by atoms with Gasteiger partial charge in [0.15, 0.2) is 11.6 Å². The van der Waals surface area contributed by atoms with Crippen molar-refractivity contribution in [3.63, 3.8) is 0 Å². The monoisotopic (exact) mass is 646 g/mol. The van der Waals surface area contributed by atoms with E-state index in [0.717, 1.165) is 48.7 Å². The lowest BCUT2D eigenvalue weighted by Gasteiger charge is -2.36. The molecule has 2 aliphatic rings. The van der Waals surface area contributed by atoms with Gasteiger partial charge in [-0.05, 0) is 44.4 Å². The number of carbonyl (C=O) groups excluding carboxylic acids is 2. The lowest BCUT2D eigenvalue weighted by molar-refractivity contribution is -0.130. The summed E-state index contributed by atoms with van der Waals surface area (Å²) in [5.41, 5.74) is 9.33. The van der Waals surface area contributed by atoms with E-state index in [0.29, 0.717) is 59.8 Å². The highest BCUT2D eigenvalue weighted by molar-refractivity contribution is 6.00. The fraction of sp³-hybridized carbons (Fsp3) is 0.528. The predicted octanol–water partition coefficient (Wildman–Crippen LogP) is 5.70. The van der Waals surface area contributed by atoms with Crippen molar-refractivity contribution < 1.29 is 23.5 Å². The quantitative estimate of drug-likeness (QED) is 0.294. The molecule has 11 heteroatoms. The van der Waals surface area contributed by atoms with Crippen LogP contribution in [0.15, 0.2) is 30.3 Å².